The van der Waals surface area contributed by atoms with Crippen molar-refractivity contribution in [2.45, 2.75) is 148 Å². The lowest BCUT2D eigenvalue weighted by molar-refractivity contribution is -0.870. The number of quaternary nitrogens is 1. The van der Waals surface area contributed by atoms with Gasteiger partial charge >= 0.3 is 7.82 Å². The summed E-state index contributed by atoms with van der Waals surface area (Å²) in [6.45, 7) is 4.56. The van der Waals surface area contributed by atoms with Gasteiger partial charge in [-0.15, -0.1) is 0 Å². The van der Waals surface area contributed by atoms with Gasteiger partial charge in [0.05, 0.1) is 46.0 Å². The number of carbonyl (C=O) groups excluding carboxylic acids is 1. The number of hydrogen-bond acceptors (Lipinski definition) is 6. The zero-order chi connectivity index (χ0) is 38.8. The molecule has 0 saturated heterocycles. The van der Waals surface area contributed by atoms with Gasteiger partial charge < -0.3 is 24.9 Å². The maximum absolute atomic E-state index is 12.8. The third-order valence-corrected chi connectivity index (χ3v) is 9.24. The highest BCUT2D eigenvalue weighted by atomic mass is 31.2. The Morgan fingerprint density at radius 3 is 2.04 bits per heavy atom. The number of unbranched alkanes of at least 4 members (excludes halogenated alkanes) is 10. The summed E-state index contributed by atoms with van der Waals surface area (Å²) in [4.78, 5) is 23.0. The van der Waals surface area contributed by atoms with Crippen molar-refractivity contribution in [1.29, 1.82) is 0 Å². The smallest absolute Gasteiger partial charge is 0.389 e. The van der Waals surface area contributed by atoms with Crippen LogP contribution in [0.3, 0.4) is 0 Å². The third kappa shape index (κ3) is 35.0. The Labute approximate surface area is 317 Å². The van der Waals surface area contributed by atoms with Crippen LogP contribution in [0, 0.1) is 0 Å². The van der Waals surface area contributed by atoms with E-state index in [4.69, 9.17) is 9.05 Å². The summed E-state index contributed by atoms with van der Waals surface area (Å²) < 4.78 is 23.4. The highest BCUT2D eigenvalue weighted by Crippen LogP contribution is 2.43. The first-order valence-corrected chi connectivity index (χ1v) is 21.4. The summed E-state index contributed by atoms with van der Waals surface area (Å²) in [5.74, 6) is -0.264. The van der Waals surface area contributed by atoms with Crippen LogP contribution in [0.1, 0.15) is 129 Å². The Kier molecular flexibility index (Phi) is 32.1. The van der Waals surface area contributed by atoms with Crippen LogP contribution in [0.25, 0.3) is 0 Å². The average Bonchev–Trinajstić information content (AvgIpc) is 3.08. The van der Waals surface area contributed by atoms with Crippen molar-refractivity contribution in [3.63, 3.8) is 0 Å². The molecule has 0 saturated carbocycles. The highest BCUT2D eigenvalue weighted by molar-refractivity contribution is 7.47. The predicted octanol–water partition coefficient (Wildman–Crippen LogP) is 9.43. The minimum Gasteiger partial charge on any atom is -0.389 e. The van der Waals surface area contributed by atoms with E-state index < -0.39 is 20.0 Å². The lowest BCUT2D eigenvalue weighted by atomic mass is 10.1. The largest absolute Gasteiger partial charge is 0.472 e. The second kappa shape index (κ2) is 33.5. The molecule has 0 aromatic rings. The Bertz CT molecular complexity index is 1090. The van der Waals surface area contributed by atoms with Gasteiger partial charge in [-0.2, -0.15) is 0 Å². The zero-order valence-corrected chi connectivity index (χ0v) is 34.3. The second-order valence-corrected chi connectivity index (χ2v) is 15.9. The molecule has 10 heteroatoms. The van der Waals surface area contributed by atoms with Crippen LogP contribution in [0.15, 0.2) is 72.9 Å². The Hall–Kier alpha value is -2.10. The molecule has 1 unspecified atom stereocenters. The number of allylic oxidation sites excluding steroid dienone is 10. The zero-order valence-electron chi connectivity index (χ0n) is 33.4. The normalized spacial score (nSPS) is 15.9. The van der Waals surface area contributed by atoms with Gasteiger partial charge in [-0.1, -0.05) is 138 Å². The van der Waals surface area contributed by atoms with E-state index in [0.29, 0.717) is 17.4 Å². The molecule has 0 bridgehead atoms. The number of aliphatic hydroxyl groups is 2. The monoisotopic (exact) mass is 752 g/mol. The first kappa shape index (κ1) is 49.9. The van der Waals surface area contributed by atoms with Crippen LogP contribution in [0.4, 0.5) is 0 Å². The molecule has 0 fully saturated rings. The van der Waals surface area contributed by atoms with Crippen molar-refractivity contribution in [1.82, 2.24) is 5.32 Å². The van der Waals surface area contributed by atoms with Gasteiger partial charge in [0, 0.05) is 6.42 Å². The van der Waals surface area contributed by atoms with Crippen LogP contribution in [0.2, 0.25) is 0 Å². The van der Waals surface area contributed by atoms with Crippen LogP contribution in [-0.4, -0.2) is 84.6 Å². The summed E-state index contributed by atoms with van der Waals surface area (Å²) in [7, 11) is 1.47. The van der Waals surface area contributed by atoms with E-state index >= 15 is 0 Å². The van der Waals surface area contributed by atoms with Gasteiger partial charge in [-0.25, -0.2) is 4.57 Å². The number of phosphoric acid groups is 1. The molecule has 4 N–H and O–H groups in total. The predicted molar refractivity (Wildman–Crippen MR) is 218 cm³/mol. The molecule has 9 nitrogen and oxygen atoms in total. The van der Waals surface area contributed by atoms with Crippen molar-refractivity contribution >= 4 is 13.7 Å². The number of nitrogens with one attached hydrogen (secondary N) is 1. The van der Waals surface area contributed by atoms with Gasteiger partial charge in [-0.3, -0.25) is 13.8 Å². The maximum atomic E-state index is 12.8. The summed E-state index contributed by atoms with van der Waals surface area (Å²) in [6, 6.07) is -0.907. The third-order valence-electron chi connectivity index (χ3n) is 8.25. The molecule has 300 valence electrons. The number of amides is 1. The number of phosphoric ester groups is 1. The van der Waals surface area contributed by atoms with E-state index in [2.05, 4.69) is 49.5 Å². The SMILES string of the molecule is CCCCCCCC/C=C\CC/C=C/[C@@H](O)[C@H](COP(=O)(O)OCC[N+](C)(C)C)NC(=O)CCC/C=C\C/C=C\C/C=C\C=C\[C@@H](O)CCCCC. The first-order chi connectivity index (χ1) is 24.9. The van der Waals surface area contributed by atoms with E-state index in [1.165, 1.54) is 38.5 Å². The lowest BCUT2D eigenvalue weighted by Gasteiger charge is -2.25. The summed E-state index contributed by atoms with van der Waals surface area (Å²) in [6.07, 6.45) is 40.2. The molecule has 0 aromatic carbocycles. The van der Waals surface area contributed by atoms with Gasteiger partial charge in [0.2, 0.25) is 5.91 Å². The number of carbonyl (C=O) groups is 1. The van der Waals surface area contributed by atoms with Crippen LogP contribution >= 0.6 is 7.82 Å². The number of hydrogen-bond donors (Lipinski definition) is 4. The van der Waals surface area contributed by atoms with Crippen molar-refractivity contribution in [3.8, 4) is 0 Å². The minimum atomic E-state index is -4.37. The van der Waals surface area contributed by atoms with E-state index in [1.54, 1.807) is 6.08 Å². The summed E-state index contributed by atoms with van der Waals surface area (Å²) in [5.41, 5.74) is 0. The summed E-state index contributed by atoms with van der Waals surface area (Å²) >= 11 is 0. The lowest BCUT2D eigenvalue weighted by Crippen LogP contribution is -2.45. The van der Waals surface area contributed by atoms with Gasteiger partial charge in [0.1, 0.15) is 13.2 Å². The van der Waals surface area contributed by atoms with Crippen LogP contribution < -0.4 is 5.32 Å². The molecule has 0 aliphatic rings. The highest BCUT2D eigenvalue weighted by Gasteiger charge is 2.27. The number of likely N-dealkylation sites (N-methyl/N-ethyl adjacent to an activating group) is 1. The summed E-state index contributed by atoms with van der Waals surface area (Å²) in [5, 5.41) is 23.6. The molecule has 0 heterocycles. The van der Waals surface area contributed by atoms with E-state index in [1.807, 2.05) is 57.6 Å². The van der Waals surface area contributed by atoms with Crippen LogP contribution in [0.5, 0.6) is 0 Å². The maximum Gasteiger partial charge on any atom is 0.472 e. The van der Waals surface area contributed by atoms with E-state index in [-0.39, 0.29) is 31.6 Å². The molecule has 0 aromatic heterocycles. The number of aliphatic hydroxyl groups excluding tert-OH is 2. The number of rotatable bonds is 34. The standard InChI is InChI=1S/C42H75N2O7P/c1-6-8-10-11-12-13-14-17-20-23-26-30-34-41(46)40(38-51-52(48,49)50-37-36-44(3,4)5)43-42(47)35-31-27-24-21-18-15-16-19-22-25-29-33-39(45)32-28-9-7-2/h15-17,20-22,24-25,29-30,33-34,39-41,45-46H,6-14,18-19,23,26-28,31-32,35-38H2,1-5H3,(H-,43,47,48,49)/p+1/b16-15-,20-17-,24-21-,25-22-,33-29+,34-30+/t39-,40-,41+/m0/s1. The fourth-order valence-corrected chi connectivity index (χ4v) is 5.72. The fraction of sp³-hybridized carbons (Fsp3) is 0.690. The first-order valence-electron chi connectivity index (χ1n) is 19.9. The minimum absolute atomic E-state index is 0.0339. The van der Waals surface area contributed by atoms with Crippen molar-refractivity contribution in [2.75, 3.05) is 40.9 Å². The van der Waals surface area contributed by atoms with Crippen molar-refractivity contribution in [3.05, 3.63) is 72.9 Å². The molecule has 4 atom stereocenters. The van der Waals surface area contributed by atoms with Gasteiger partial charge in [-0.05, 0) is 57.8 Å². The Morgan fingerprint density at radius 1 is 0.712 bits per heavy atom. The molecule has 0 radical (unpaired) electrons. The Morgan fingerprint density at radius 2 is 1.31 bits per heavy atom. The molecular formula is C42H76N2O7P+. The fourth-order valence-electron chi connectivity index (χ4n) is 4.98. The van der Waals surface area contributed by atoms with E-state index in [0.717, 1.165) is 64.2 Å². The van der Waals surface area contributed by atoms with Crippen molar-refractivity contribution in [2.24, 2.45) is 0 Å². The van der Waals surface area contributed by atoms with Gasteiger partial charge in [0.25, 0.3) is 0 Å². The molecule has 0 spiro atoms. The van der Waals surface area contributed by atoms with Gasteiger partial charge in [0.15, 0.2) is 0 Å². The van der Waals surface area contributed by atoms with Crippen LogP contribution in [-0.2, 0) is 18.4 Å². The molecule has 1 amide bonds. The quantitative estimate of drug-likeness (QED) is 0.0170. The molecular weight excluding hydrogens is 675 g/mol. The molecule has 52 heavy (non-hydrogen) atoms. The van der Waals surface area contributed by atoms with Crippen molar-refractivity contribution < 1.29 is 38.0 Å². The molecule has 0 aliphatic heterocycles. The molecule has 0 aliphatic carbocycles. The number of nitrogens with zero attached hydrogens (tertiary/aromatic N) is 1. The Balaban J connectivity index is 4.71. The average molecular weight is 752 g/mol. The molecule has 0 rings (SSSR count). The van der Waals surface area contributed by atoms with E-state index in [9.17, 15) is 24.5 Å². The second-order valence-electron chi connectivity index (χ2n) is 14.5. The topological polar surface area (TPSA) is 125 Å².